The Morgan fingerprint density at radius 2 is 2.05 bits per heavy atom. The van der Waals surface area contributed by atoms with Crippen LogP contribution in [-0.2, 0) is 0 Å². The number of aromatic amines is 1. The Kier molecular flexibility index (Phi) is 3.23. The second-order valence-electron chi connectivity index (χ2n) is 4.20. The summed E-state index contributed by atoms with van der Waals surface area (Å²) in [6.07, 6.45) is 0. The highest BCUT2D eigenvalue weighted by Crippen LogP contribution is 2.22. The summed E-state index contributed by atoms with van der Waals surface area (Å²) < 4.78 is 13.4. The van der Waals surface area contributed by atoms with Crippen LogP contribution >= 0.6 is 15.9 Å². The number of amides is 1. The molecule has 0 radical (unpaired) electrons. The molecule has 0 unspecified atom stereocenters. The first kappa shape index (κ1) is 12.8. The van der Waals surface area contributed by atoms with E-state index in [1.807, 2.05) is 24.3 Å². The molecule has 0 aliphatic heterocycles. The lowest BCUT2D eigenvalue weighted by molar-refractivity contribution is 0.102. The first-order valence-electron chi connectivity index (χ1n) is 5.84. The lowest BCUT2D eigenvalue weighted by Crippen LogP contribution is -2.13. The van der Waals surface area contributed by atoms with Gasteiger partial charge in [0.25, 0.3) is 5.91 Å². The third-order valence-electron chi connectivity index (χ3n) is 2.88. The van der Waals surface area contributed by atoms with E-state index in [2.05, 4.69) is 31.4 Å². The Bertz CT molecular complexity index is 800. The van der Waals surface area contributed by atoms with Crippen molar-refractivity contribution in [3.05, 3.63) is 58.3 Å². The van der Waals surface area contributed by atoms with Gasteiger partial charge >= 0.3 is 0 Å². The number of nitrogens with zero attached hydrogens (tertiary/aromatic N) is 1. The van der Waals surface area contributed by atoms with Crippen molar-refractivity contribution in [3.63, 3.8) is 0 Å². The third kappa shape index (κ3) is 2.30. The molecule has 6 heteroatoms. The number of benzene rings is 2. The minimum Gasteiger partial charge on any atom is -0.305 e. The van der Waals surface area contributed by atoms with E-state index < -0.39 is 5.82 Å². The van der Waals surface area contributed by atoms with Crippen LogP contribution in [0.25, 0.3) is 10.9 Å². The largest absolute Gasteiger partial charge is 0.305 e. The molecule has 0 bridgehead atoms. The maximum Gasteiger partial charge on any atom is 0.258 e. The van der Waals surface area contributed by atoms with Gasteiger partial charge in [-0.3, -0.25) is 9.89 Å². The number of rotatable bonds is 2. The average molecular weight is 334 g/mol. The summed E-state index contributed by atoms with van der Waals surface area (Å²) in [6, 6.07) is 11.4. The van der Waals surface area contributed by atoms with E-state index in [9.17, 15) is 9.18 Å². The molecule has 3 aromatic rings. The summed E-state index contributed by atoms with van der Waals surface area (Å²) in [5.41, 5.74) is 1.18. The highest BCUT2D eigenvalue weighted by atomic mass is 79.9. The lowest BCUT2D eigenvalue weighted by Gasteiger charge is -2.05. The zero-order valence-electron chi connectivity index (χ0n) is 10.2. The highest BCUT2D eigenvalue weighted by molar-refractivity contribution is 9.10. The smallest absolute Gasteiger partial charge is 0.258 e. The van der Waals surface area contributed by atoms with Crippen LogP contribution < -0.4 is 5.32 Å². The predicted octanol–water partition coefficient (Wildman–Crippen LogP) is 3.72. The molecular weight excluding hydrogens is 325 g/mol. The van der Waals surface area contributed by atoms with Crippen molar-refractivity contribution >= 4 is 38.6 Å². The van der Waals surface area contributed by atoms with Crippen molar-refractivity contribution in [1.29, 1.82) is 0 Å². The number of anilines is 1. The van der Waals surface area contributed by atoms with Crippen LogP contribution in [-0.4, -0.2) is 16.1 Å². The number of carbonyl (C=O) groups excluding carboxylic acids is 1. The maximum absolute atomic E-state index is 13.0. The van der Waals surface area contributed by atoms with Crippen LogP contribution in [0.5, 0.6) is 0 Å². The normalized spacial score (nSPS) is 10.7. The molecule has 100 valence electrons. The maximum atomic E-state index is 13.0. The number of para-hydroxylation sites is 1. The van der Waals surface area contributed by atoms with E-state index in [4.69, 9.17) is 0 Å². The second-order valence-corrected chi connectivity index (χ2v) is 5.05. The molecule has 2 aromatic carbocycles. The van der Waals surface area contributed by atoms with Crippen molar-refractivity contribution in [2.45, 2.75) is 0 Å². The number of hydrogen-bond acceptors (Lipinski definition) is 2. The molecule has 0 atom stereocenters. The fourth-order valence-electron chi connectivity index (χ4n) is 1.91. The van der Waals surface area contributed by atoms with Crippen molar-refractivity contribution in [3.8, 4) is 0 Å². The Balaban J connectivity index is 1.92. The molecule has 0 saturated carbocycles. The summed E-state index contributed by atoms with van der Waals surface area (Å²) in [4.78, 5) is 12.2. The topological polar surface area (TPSA) is 57.8 Å². The summed E-state index contributed by atoms with van der Waals surface area (Å²) in [7, 11) is 0. The van der Waals surface area contributed by atoms with Crippen molar-refractivity contribution in [2.24, 2.45) is 0 Å². The minimum atomic E-state index is -0.404. The van der Waals surface area contributed by atoms with Gasteiger partial charge in [-0.2, -0.15) is 5.10 Å². The van der Waals surface area contributed by atoms with Crippen LogP contribution in [0, 0.1) is 5.82 Å². The standard InChI is InChI=1S/C14H9BrFN3O/c15-11-7-8(16)5-6-9(11)14(20)17-13-10-3-1-2-4-12(10)18-19-13/h1-7H,(H2,17,18,19,20). The summed E-state index contributed by atoms with van der Waals surface area (Å²) >= 11 is 3.17. The predicted molar refractivity (Wildman–Crippen MR) is 78.1 cm³/mol. The first-order chi connectivity index (χ1) is 9.65. The highest BCUT2D eigenvalue weighted by Gasteiger charge is 2.13. The average Bonchev–Trinajstić information content (AvgIpc) is 2.82. The Morgan fingerprint density at radius 3 is 2.85 bits per heavy atom. The van der Waals surface area contributed by atoms with E-state index in [-0.39, 0.29) is 5.91 Å². The second kappa shape index (κ2) is 5.05. The number of fused-ring (bicyclic) bond motifs is 1. The molecule has 1 amide bonds. The third-order valence-corrected chi connectivity index (χ3v) is 3.53. The van der Waals surface area contributed by atoms with Gasteiger partial charge in [-0.05, 0) is 46.3 Å². The zero-order chi connectivity index (χ0) is 14.1. The van der Waals surface area contributed by atoms with E-state index in [0.717, 1.165) is 10.9 Å². The van der Waals surface area contributed by atoms with Crippen LogP contribution in [0.4, 0.5) is 10.2 Å². The molecular formula is C14H9BrFN3O. The summed E-state index contributed by atoms with van der Waals surface area (Å²) in [5, 5.41) is 10.4. The molecule has 0 spiro atoms. The number of carbonyl (C=O) groups is 1. The molecule has 0 saturated heterocycles. The van der Waals surface area contributed by atoms with Crippen LogP contribution in [0.2, 0.25) is 0 Å². The van der Waals surface area contributed by atoms with E-state index in [1.165, 1.54) is 18.2 Å². The monoisotopic (exact) mass is 333 g/mol. The van der Waals surface area contributed by atoms with E-state index >= 15 is 0 Å². The molecule has 0 aliphatic carbocycles. The van der Waals surface area contributed by atoms with Crippen molar-refractivity contribution in [1.82, 2.24) is 10.2 Å². The lowest BCUT2D eigenvalue weighted by atomic mass is 10.2. The molecule has 4 nitrogen and oxygen atoms in total. The first-order valence-corrected chi connectivity index (χ1v) is 6.64. The number of hydrogen-bond donors (Lipinski definition) is 2. The Morgan fingerprint density at radius 1 is 1.25 bits per heavy atom. The van der Waals surface area contributed by atoms with E-state index in [1.54, 1.807) is 0 Å². The van der Waals surface area contributed by atoms with Gasteiger partial charge in [-0.1, -0.05) is 12.1 Å². The number of aromatic nitrogens is 2. The van der Waals surface area contributed by atoms with Crippen LogP contribution in [0.15, 0.2) is 46.9 Å². The number of H-pyrrole nitrogens is 1. The number of halogens is 2. The quantitative estimate of drug-likeness (QED) is 0.750. The van der Waals surface area contributed by atoms with Gasteiger partial charge in [-0.15, -0.1) is 0 Å². The molecule has 0 fully saturated rings. The molecule has 0 aliphatic rings. The van der Waals surface area contributed by atoms with Gasteiger partial charge in [0, 0.05) is 9.86 Å². The zero-order valence-corrected chi connectivity index (χ0v) is 11.7. The molecule has 20 heavy (non-hydrogen) atoms. The summed E-state index contributed by atoms with van der Waals surface area (Å²) in [6.45, 7) is 0. The SMILES string of the molecule is O=C(Nc1n[nH]c2ccccc12)c1ccc(F)cc1Br. The fraction of sp³-hybridized carbons (Fsp3) is 0. The molecule has 2 N–H and O–H groups in total. The van der Waals surface area contributed by atoms with Gasteiger partial charge in [0.05, 0.1) is 11.1 Å². The fourth-order valence-corrected chi connectivity index (χ4v) is 2.44. The van der Waals surface area contributed by atoms with Gasteiger partial charge in [0.2, 0.25) is 0 Å². The van der Waals surface area contributed by atoms with Gasteiger partial charge in [-0.25, -0.2) is 4.39 Å². The van der Waals surface area contributed by atoms with Gasteiger partial charge < -0.3 is 5.32 Å². The summed E-state index contributed by atoms with van der Waals surface area (Å²) in [5.74, 6) is -0.311. The van der Waals surface area contributed by atoms with E-state index in [0.29, 0.717) is 15.9 Å². The number of nitrogens with one attached hydrogen (secondary N) is 2. The molecule has 1 aromatic heterocycles. The molecule has 1 heterocycles. The van der Waals surface area contributed by atoms with Crippen molar-refractivity contribution in [2.75, 3.05) is 5.32 Å². The van der Waals surface area contributed by atoms with Gasteiger partial charge in [0.15, 0.2) is 5.82 Å². The van der Waals surface area contributed by atoms with Gasteiger partial charge in [0.1, 0.15) is 5.82 Å². The van der Waals surface area contributed by atoms with Crippen LogP contribution in [0.3, 0.4) is 0 Å². The Labute approximate surface area is 122 Å². The molecule has 3 rings (SSSR count). The van der Waals surface area contributed by atoms with Crippen LogP contribution in [0.1, 0.15) is 10.4 Å². The van der Waals surface area contributed by atoms with Crippen molar-refractivity contribution < 1.29 is 9.18 Å². The minimum absolute atomic E-state index is 0.346. The Hall–Kier alpha value is -2.21.